The Hall–Kier alpha value is -2.34. The van der Waals surface area contributed by atoms with Gasteiger partial charge in [-0.15, -0.1) is 0 Å². The summed E-state index contributed by atoms with van der Waals surface area (Å²) in [5.41, 5.74) is 7.83. The molecule has 1 heterocycles. The number of para-hydroxylation sites is 1. The van der Waals surface area contributed by atoms with E-state index in [0.717, 1.165) is 16.5 Å². The number of aromatic nitrogens is 1. The number of carbonyl (C=O) groups is 2. The number of methoxy groups -OCH3 is 1. The molecule has 0 radical (unpaired) electrons. The predicted molar refractivity (Wildman–Crippen MR) is 93.4 cm³/mol. The van der Waals surface area contributed by atoms with Crippen LogP contribution < -0.4 is 11.1 Å². The second-order valence-corrected chi connectivity index (χ2v) is 6.38. The molecule has 1 aromatic carbocycles. The number of carbonyl (C=O) groups excluding carboxylic acids is 2. The first-order valence-corrected chi connectivity index (χ1v) is 8.11. The number of aromatic amines is 1. The summed E-state index contributed by atoms with van der Waals surface area (Å²) in [6.07, 6.45) is 2.75. The van der Waals surface area contributed by atoms with Crippen LogP contribution in [0.1, 0.15) is 25.8 Å². The minimum absolute atomic E-state index is 0.302. The van der Waals surface area contributed by atoms with E-state index in [9.17, 15) is 9.59 Å². The van der Waals surface area contributed by atoms with E-state index in [1.807, 2.05) is 44.3 Å². The van der Waals surface area contributed by atoms with Gasteiger partial charge in [-0.3, -0.25) is 4.79 Å². The van der Waals surface area contributed by atoms with Gasteiger partial charge >= 0.3 is 5.97 Å². The molecule has 1 amide bonds. The maximum atomic E-state index is 12.2. The Bertz CT molecular complexity index is 708. The molecule has 0 fully saturated rings. The van der Waals surface area contributed by atoms with Crippen LogP contribution in [-0.4, -0.2) is 36.1 Å². The van der Waals surface area contributed by atoms with Gasteiger partial charge in [0.05, 0.1) is 13.2 Å². The molecule has 0 spiro atoms. The Morgan fingerprint density at radius 2 is 2.00 bits per heavy atom. The molecular weight excluding hydrogens is 306 g/mol. The first-order chi connectivity index (χ1) is 11.4. The molecule has 1 aromatic heterocycles. The average Bonchev–Trinajstić information content (AvgIpc) is 2.96. The highest BCUT2D eigenvalue weighted by atomic mass is 16.5. The summed E-state index contributed by atoms with van der Waals surface area (Å²) in [6, 6.07) is 6.40. The highest BCUT2D eigenvalue weighted by Gasteiger charge is 2.26. The van der Waals surface area contributed by atoms with Gasteiger partial charge in [0, 0.05) is 23.5 Å². The SMILES string of the molecule is COC(=O)[C@H](Cc1c[nH]c2ccccc12)NC(=O)[C@@H](N)CC(C)C. The number of nitrogens with two attached hydrogens (primary N) is 1. The lowest BCUT2D eigenvalue weighted by molar-refractivity contribution is -0.145. The molecule has 0 aliphatic carbocycles. The minimum Gasteiger partial charge on any atom is -0.467 e. The fraction of sp³-hybridized carbons (Fsp3) is 0.444. The number of benzene rings is 1. The van der Waals surface area contributed by atoms with E-state index < -0.39 is 18.1 Å². The van der Waals surface area contributed by atoms with Crippen molar-refractivity contribution in [1.82, 2.24) is 10.3 Å². The lowest BCUT2D eigenvalue weighted by atomic mass is 10.0. The van der Waals surface area contributed by atoms with Gasteiger partial charge in [-0.1, -0.05) is 32.0 Å². The molecule has 0 saturated heterocycles. The van der Waals surface area contributed by atoms with Gasteiger partial charge in [-0.2, -0.15) is 0 Å². The Kier molecular flexibility index (Phi) is 5.98. The van der Waals surface area contributed by atoms with Crippen LogP contribution in [-0.2, 0) is 20.7 Å². The molecule has 0 unspecified atom stereocenters. The van der Waals surface area contributed by atoms with Gasteiger partial charge in [0.1, 0.15) is 6.04 Å². The van der Waals surface area contributed by atoms with E-state index in [1.54, 1.807) is 0 Å². The molecule has 0 saturated carbocycles. The van der Waals surface area contributed by atoms with Crippen molar-refractivity contribution in [1.29, 1.82) is 0 Å². The number of rotatable bonds is 7. The van der Waals surface area contributed by atoms with Crippen molar-refractivity contribution < 1.29 is 14.3 Å². The van der Waals surface area contributed by atoms with Crippen LogP contribution in [0.3, 0.4) is 0 Å². The third-order valence-corrected chi connectivity index (χ3v) is 3.96. The van der Waals surface area contributed by atoms with Gasteiger partial charge in [0.25, 0.3) is 0 Å². The fourth-order valence-corrected chi connectivity index (χ4v) is 2.75. The molecule has 0 aliphatic heterocycles. The maximum Gasteiger partial charge on any atom is 0.328 e. The van der Waals surface area contributed by atoms with Crippen molar-refractivity contribution >= 4 is 22.8 Å². The zero-order valence-electron chi connectivity index (χ0n) is 14.3. The third-order valence-electron chi connectivity index (χ3n) is 3.96. The number of esters is 1. The van der Waals surface area contributed by atoms with Crippen molar-refractivity contribution in [3.05, 3.63) is 36.0 Å². The number of amides is 1. The molecule has 4 N–H and O–H groups in total. The maximum absolute atomic E-state index is 12.2. The van der Waals surface area contributed by atoms with Gasteiger partial charge in [0.2, 0.25) is 5.91 Å². The zero-order valence-corrected chi connectivity index (χ0v) is 14.3. The van der Waals surface area contributed by atoms with Gasteiger partial charge < -0.3 is 20.8 Å². The Morgan fingerprint density at radius 3 is 2.67 bits per heavy atom. The molecule has 2 rings (SSSR count). The quantitative estimate of drug-likeness (QED) is 0.673. The number of fused-ring (bicyclic) bond motifs is 1. The van der Waals surface area contributed by atoms with Crippen LogP contribution in [0.5, 0.6) is 0 Å². The Balaban J connectivity index is 2.14. The first-order valence-electron chi connectivity index (χ1n) is 8.11. The van der Waals surface area contributed by atoms with Gasteiger partial charge in [0.15, 0.2) is 0 Å². The fourth-order valence-electron chi connectivity index (χ4n) is 2.75. The molecular formula is C18H25N3O3. The summed E-state index contributed by atoms with van der Waals surface area (Å²) in [4.78, 5) is 27.5. The number of hydrogen-bond donors (Lipinski definition) is 3. The molecule has 0 aliphatic rings. The van der Waals surface area contributed by atoms with Crippen molar-refractivity contribution in [2.75, 3.05) is 7.11 Å². The van der Waals surface area contributed by atoms with Crippen LogP contribution in [0, 0.1) is 5.92 Å². The van der Waals surface area contributed by atoms with Crippen molar-refractivity contribution in [2.24, 2.45) is 11.7 Å². The zero-order chi connectivity index (χ0) is 17.7. The number of H-pyrrole nitrogens is 1. The monoisotopic (exact) mass is 331 g/mol. The topological polar surface area (TPSA) is 97.2 Å². The molecule has 6 nitrogen and oxygen atoms in total. The summed E-state index contributed by atoms with van der Waals surface area (Å²) in [6.45, 7) is 3.99. The summed E-state index contributed by atoms with van der Waals surface area (Å²) in [7, 11) is 1.31. The number of hydrogen-bond acceptors (Lipinski definition) is 4. The summed E-state index contributed by atoms with van der Waals surface area (Å²) < 4.78 is 4.83. The largest absolute Gasteiger partial charge is 0.467 e. The summed E-state index contributed by atoms with van der Waals surface area (Å²) in [5, 5.41) is 3.74. The normalized spacial score (nSPS) is 13.7. The standard InChI is InChI=1S/C18H25N3O3/c1-11(2)8-14(19)17(22)21-16(18(23)24-3)9-12-10-20-15-7-5-4-6-13(12)15/h4-7,10-11,14,16,20H,8-9,19H2,1-3H3,(H,21,22)/t14-,16-/m0/s1. The average molecular weight is 331 g/mol. The lowest BCUT2D eigenvalue weighted by Gasteiger charge is -2.20. The molecule has 2 atom stereocenters. The third kappa shape index (κ3) is 4.35. The highest BCUT2D eigenvalue weighted by molar-refractivity contribution is 5.89. The summed E-state index contributed by atoms with van der Waals surface area (Å²) in [5.74, 6) is -0.514. The van der Waals surface area contributed by atoms with Crippen molar-refractivity contribution in [2.45, 2.75) is 38.8 Å². The van der Waals surface area contributed by atoms with Crippen LogP contribution in [0.15, 0.2) is 30.5 Å². The van der Waals surface area contributed by atoms with Crippen molar-refractivity contribution in [3.8, 4) is 0 Å². The van der Waals surface area contributed by atoms with E-state index in [1.165, 1.54) is 7.11 Å². The Morgan fingerprint density at radius 1 is 1.29 bits per heavy atom. The molecule has 24 heavy (non-hydrogen) atoms. The molecule has 2 aromatic rings. The number of ether oxygens (including phenoxy) is 1. The second kappa shape index (κ2) is 7.97. The van der Waals surface area contributed by atoms with Gasteiger partial charge in [-0.25, -0.2) is 4.79 Å². The molecule has 6 heteroatoms. The van der Waals surface area contributed by atoms with E-state index in [4.69, 9.17) is 10.5 Å². The molecule has 130 valence electrons. The number of nitrogens with one attached hydrogen (secondary N) is 2. The minimum atomic E-state index is -0.764. The smallest absolute Gasteiger partial charge is 0.328 e. The van der Waals surface area contributed by atoms with Crippen LogP contribution >= 0.6 is 0 Å². The summed E-state index contributed by atoms with van der Waals surface area (Å²) >= 11 is 0. The highest BCUT2D eigenvalue weighted by Crippen LogP contribution is 2.19. The lowest BCUT2D eigenvalue weighted by Crippen LogP contribution is -2.50. The predicted octanol–water partition coefficient (Wildman–Crippen LogP) is 1.74. The van der Waals surface area contributed by atoms with E-state index in [0.29, 0.717) is 18.8 Å². The van der Waals surface area contributed by atoms with Crippen LogP contribution in [0.2, 0.25) is 0 Å². The van der Waals surface area contributed by atoms with Crippen LogP contribution in [0.25, 0.3) is 10.9 Å². The van der Waals surface area contributed by atoms with E-state index in [2.05, 4.69) is 10.3 Å². The Labute approximate surface area is 141 Å². The first kappa shape index (κ1) is 18.0. The van der Waals surface area contributed by atoms with E-state index >= 15 is 0 Å². The van der Waals surface area contributed by atoms with Gasteiger partial charge in [-0.05, 0) is 24.0 Å². The second-order valence-electron chi connectivity index (χ2n) is 6.38. The molecule has 0 bridgehead atoms. The van der Waals surface area contributed by atoms with Crippen molar-refractivity contribution in [3.63, 3.8) is 0 Å². The van der Waals surface area contributed by atoms with E-state index in [-0.39, 0.29) is 5.91 Å². The van der Waals surface area contributed by atoms with Crippen LogP contribution in [0.4, 0.5) is 0 Å².